The van der Waals surface area contributed by atoms with Gasteiger partial charge in [-0.1, -0.05) is 15.9 Å². The standard InChI is InChI=1S/C19H19BrN4O2/c1-23-6-8-24(9-7-23)18-5-3-15(12-21-18)22-19(25)17-11-13-10-14(20)2-4-16(13)26-17/h2-5,10-12H,6-9H2,1H3,(H,22,25). The number of piperazine rings is 1. The van der Waals surface area contributed by atoms with Gasteiger partial charge < -0.3 is 19.5 Å². The summed E-state index contributed by atoms with van der Waals surface area (Å²) in [6, 6.07) is 11.2. The molecule has 7 heteroatoms. The highest BCUT2D eigenvalue weighted by molar-refractivity contribution is 9.10. The van der Waals surface area contributed by atoms with Crippen molar-refractivity contribution in [3.05, 3.63) is 52.8 Å². The Morgan fingerprint density at radius 1 is 1.15 bits per heavy atom. The van der Waals surface area contributed by atoms with Crippen molar-refractivity contribution in [2.24, 2.45) is 0 Å². The van der Waals surface area contributed by atoms with E-state index in [1.807, 2.05) is 30.3 Å². The number of likely N-dealkylation sites (N-methyl/N-ethyl adjacent to an activating group) is 1. The summed E-state index contributed by atoms with van der Waals surface area (Å²) >= 11 is 3.42. The molecule has 1 aliphatic heterocycles. The zero-order valence-electron chi connectivity index (χ0n) is 14.4. The number of nitrogens with one attached hydrogen (secondary N) is 1. The van der Waals surface area contributed by atoms with Gasteiger partial charge in [0, 0.05) is 36.0 Å². The number of halogens is 1. The Morgan fingerprint density at radius 2 is 1.96 bits per heavy atom. The largest absolute Gasteiger partial charge is 0.451 e. The normalized spacial score (nSPS) is 15.4. The van der Waals surface area contributed by atoms with Crippen molar-refractivity contribution < 1.29 is 9.21 Å². The number of pyridine rings is 1. The summed E-state index contributed by atoms with van der Waals surface area (Å²) in [4.78, 5) is 21.5. The van der Waals surface area contributed by atoms with Gasteiger partial charge in [0.25, 0.3) is 5.91 Å². The predicted octanol–water partition coefficient (Wildman–Crippen LogP) is 3.59. The molecular weight excluding hydrogens is 396 g/mol. The van der Waals surface area contributed by atoms with Crippen LogP contribution >= 0.6 is 15.9 Å². The lowest BCUT2D eigenvalue weighted by atomic mass is 10.2. The number of hydrogen-bond donors (Lipinski definition) is 1. The summed E-state index contributed by atoms with van der Waals surface area (Å²) in [5.74, 6) is 0.928. The first-order valence-corrected chi connectivity index (χ1v) is 9.28. The number of carbonyl (C=O) groups is 1. The molecule has 4 rings (SSSR count). The first kappa shape index (κ1) is 17.1. The Hall–Kier alpha value is -2.38. The molecule has 1 aliphatic rings. The highest BCUT2D eigenvalue weighted by Gasteiger charge is 2.16. The van der Waals surface area contributed by atoms with E-state index in [9.17, 15) is 4.79 Å². The van der Waals surface area contributed by atoms with Crippen LogP contribution in [-0.2, 0) is 0 Å². The molecule has 3 heterocycles. The van der Waals surface area contributed by atoms with Crippen molar-refractivity contribution in [2.45, 2.75) is 0 Å². The Bertz CT molecular complexity index is 930. The fourth-order valence-corrected chi connectivity index (χ4v) is 3.38. The van der Waals surface area contributed by atoms with Gasteiger partial charge in [-0.15, -0.1) is 0 Å². The monoisotopic (exact) mass is 414 g/mol. The van der Waals surface area contributed by atoms with Crippen LogP contribution < -0.4 is 10.2 Å². The average Bonchev–Trinajstić information content (AvgIpc) is 3.06. The third-order valence-corrected chi connectivity index (χ3v) is 5.03. The van der Waals surface area contributed by atoms with Gasteiger partial charge in [0.1, 0.15) is 11.4 Å². The van der Waals surface area contributed by atoms with Crippen LogP contribution in [0.4, 0.5) is 11.5 Å². The minimum Gasteiger partial charge on any atom is -0.451 e. The quantitative estimate of drug-likeness (QED) is 0.709. The van der Waals surface area contributed by atoms with Crippen LogP contribution in [0.25, 0.3) is 11.0 Å². The molecule has 1 saturated heterocycles. The number of rotatable bonds is 3. The van der Waals surface area contributed by atoms with Crippen molar-refractivity contribution >= 4 is 44.3 Å². The minimum absolute atomic E-state index is 0.279. The van der Waals surface area contributed by atoms with Crippen molar-refractivity contribution in [2.75, 3.05) is 43.4 Å². The van der Waals surface area contributed by atoms with Crippen molar-refractivity contribution in [1.82, 2.24) is 9.88 Å². The van der Waals surface area contributed by atoms with Crippen LogP contribution in [0.3, 0.4) is 0 Å². The molecule has 3 aromatic rings. The molecule has 6 nitrogen and oxygen atoms in total. The summed E-state index contributed by atoms with van der Waals surface area (Å²) < 4.78 is 6.57. The van der Waals surface area contributed by atoms with Gasteiger partial charge in [-0.25, -0.2) is 4.98 Å². The molecule has 0 spiro atoms. The molecule has 1 aromatic carbocycles. The van der Waals surface area contributed by atoms with E-state index in [1.165, 1.54) is 0 Å². The molecule has 0 radical (unpaired) electrons. The number of fused-ring (bicyclic) bond motifs is 1. The molecule has 0 saturated carbocycles. The number of nitrogens with zero attached hydrogens (tertiary/aromatic N) is 3. The van der Waals surface area contributed by atoms with E-state index in [4.69, 9.17) is 4.42 Å². The highest BCUT2D eigenvalue weighted by atomic mass is 79.9. The summed E-state index contributed by atoms with van der Waals surface area (Å²) in [6.07, 6.45) is 1.69. The van der Waals surface area contributed by atoms with Crippen LogP contribution in [0.5, 0.6) is 0 Å². The van der Waals surface area contributed by atoms with Gasteiger partial charge in [0.2, 0.25) is 0 Å². The fraction of sp³-hybridized carbons (Fsp3) is 0.263. The Labute approximate surface area is 159 Å². The van der Waals surface area contributed by atoms with Crippen LogP contribution in [-0.4, -0.2) is 49.0 Å². The molecule has 134 valence electrons. The van der Waals surface area contributed by atoms with E-state index in [0.717, 1.165) is 41.9 Å². The minimum atomic E-state index is -0.286. The van der Waals surface area contributed by atoms with Gasteiger partial charge in [-0.3, -0.25) is 4.79 Å². The number of hydrogen-bond acceptors (Lipinski definition) is 5. The van der Waals surface area contributed by atoms with E-state index in [2.05, 4.69) is 43.1 Å². The molecule has 0 atom stereocenters. The third kappa shape index (κ3) is 3.59. The zero-order chi connectivity index (χ0) is 18.1. The number of anilines is 2. The summed E-state index contributed by atoms with van der Waals surface area (Å²) in [5, 5.41) is 3.72. The van der Waals surface area contributed by atoms with Gasteiger partial charge in [0.15, 0.2) is 5.76 Å². The van der Waals surface area contributed by atoms with Gasteiger partial charge in [-0.2, -0.15) is 0 Å². The first-order valence-electron chi connectivity index (χ1n) is 8.48. The lowest BCUT2D eigenvalue weighted by Crippen LogP contribution is -2.44. The second kappa shape index (κ2) is 7.09. The molecule has 1 fully saturated rings. The highest BCUT2D eigenvalue weighted by Crippen LogP contribution is 2.24. The van der Waals surface area contributed by atoms with Crippen LogP contribution in [0.15, 0.2) is 51.5 Å². The number of benzene rings is 1. The second-order valence-corrected chi connectivity index (χ2v) is 7.36. The van der Waals surface area contributed by atoms with Crippen LogP contribution in [0.2, 0.25) is 0 Å². The topological polar surface area (TPSA) is 61.6 Å². The summed E-state index contributed by atoms with van der Waals surface area (Å²) in [6.45, 7) is 3.98. The first-order chi connectivity index (χ1) is 12.6. The van der Waals surface area contributed by atoms with E-state index in [-0.39, 0.29) is 11.7 Å². The van der Waals surface area contributed by atoms with Crippen molar-refractivity contribution in [1.29, 1.82) is 0 Å². The average molecular weight is 415 g/mol. The molecule has 0 unspecified atom stereocenters. The predicted molar refractivity (Wildman–Crippen MR) is 106 cm³/mol. The second-order valence-electron chi connectivity index (χ2n) is 6.44. The number of carbonyl (C=O) groups excluding carboxylic acids is 1. The van der Waals surface area contributed by atoms with Gasteiger partial charge in [-0.05, 0) is 43.4 Å². The molecule has 0 aliphatic carbocycles. The van der Waals surface area contributed by atoms with Gasteiger partial charge >= 0.3 is 0 Å². The van der Waals surface area contributed by atoms with Crippen LogP contribution in [0.1, 0.15) is 10.6 Å². The maximum Gasteiger partial charge on any atom is 0.291 e. The summed E-state index contributed by atoms with van der Waals surface area (Å²) in [7, 11) is 2.13. The zero-order valence-corrected chi connectivity index (χ0v) is 16.0. The maximum atomic E-state index is 12.4. The van der Waals surface area contributed by atoms with E-state index in [1.54, 1.807) is 12.3 Å². The molecule has 1 N–H and O–H groups in total. The Kier molecular flexibility index (Phi) is 4.65. The fourth-order valence-electron chi connectivity index (χ4n) is 3.00. The van der Waals surface area contributed by atoms with E-state index < -0.39 is 0 Å². The van der Waals surface area contributed by atoms with Crippen LogP contribution in [0, 0.1) is 0 Å². The molecule has 1 amide bonds. The SMILES string of the molecule is CN1CCN(c2ccc(NC(=O)c3cc4cc(Br)ccc4o3)cn2)CC1. The Morgan fingerprint density at radius 3 is 2.69 bits per heavy atom. The Balaban J connectivity index is 1.45. The lowest BCUT2D eigenvalue weighted by molar-refractivity contribution is 0.0998. The number of amides is 1. The lowest BCUT2D eigenvalue weighted by Gasteiger charge is -2.33. The molecule has 2 aromatic heterocycles. The molecule has 26 heavy (non-hydrogen) atoms. The van der Waals surface area contributed by atoms with Crippen molar-refractivity contribution in [3.8, 4) is 0 Å². The smallest absolute Gasteiger partial charge is 0.291 e. The summed E-state index contributed by atoms with van der Waals surface area (Å²) in [5.41, 5.74) is 1.33. The van der Waals surface area contributed by atoms with E-state index in [0.29, 0.717) is 11.3 Å². The van der Waals surface area contributed by atoms with Gasteiger partial charge in [0.05, 0.1) is 11.9 Å². The molecule has 0 bridgehead atoms. The molecular formula is C19H19BrN4O2. The number of aromatic nitrogens is 1. The third-order valence-electron chi connectivity index (χ3n) is 4.54. The van der Waals surface area contributed by atoms with Crippen molar-refractivity contribution in [3.63, 3.8) is 0 Å². The number of furan rings is 1. The van der Waals surface area contributed by atoms with E-state index >= 15 is 0 Å². The maximum absolute atomic E-state index is 12.4.